The Bertz CT molecular complexity index is 1990. The Balaban J connectivity index is 1.56. The fourth-order valence-corrected chi connectivity index (χ4v) is 8.13. The van der Waals surface area contributed by atoms with Gasteiger partial charge >= 0.3 is 12.5 Å². The first-order chi connectivity index (χ1) is 24.5. The molecule has 2 heterocycles. The zero-order valence-electron chi connectivity index (χ0n) is 28.9. The number of benzene rings is 2. The lowest BCUT2D eigenvalue weighted by atomic mass is 9.99. The van der Waals surface area contributed by atoms with E-state index < -0.39 is 85.6 Å². The van der Waals surface area contributed by atoms with Gasteiger partial charge in [0, 0.05) is 37.3 Å². The number of pyridine rings is 1. The average molecular weight is 792 g/mol. The molecule has 20 heteroatoms. The molecule has 0 unspecified atom stereocenters. The van der Waals surface area contributed by atoms with Gasteiger partial charge in [0.05, 0.1) is 16.8 Å². The highest BCUT2D eigenvalue weighted by molar-refractivity contribution is 7.89. The van der Waals surface area contributed by atoms with E-state index in [-0.39, 0.29) is 35.5 Å². The normalized spacial score (nSPS) is 17.5. The van der Waals surface area contributed by atoms with Crippen LogP contribution in [0.15, 0.2) is 76.8 Å². The molecule has 0 bridgehead atoms. The summed E-state index contributed by atoms with van der Waals surface area (Å²) in [6.45, 7) is 5.64. The zero-order valence-corrected chi connectivity index (χ0v) is 30.5. The number of amides is 2. The van der Waals surface area contributed by atoms with E-state index in [1.165, 1.54) is 37.4 Å². The lowest BCUT2D eigenvalue weighted by molar-refractivity contribution is -0.274. The second-order valence-corrected chi connectivity index (χ2v) is 16.6. The molecule has 0 radical (unpaired) electrons. The van der Waals surface area contributed by atoms with Gasteiger partial charge in [-0.15, -0.1) is 13.2 Å². The Morgan fingerprint density at radius 3 is 2.15 bits per heavy atom. The molecule has 2 amide bonds. The molecule has 0 saturated carbocycles. The van der Waals surface area contributed by atoms with Crippen molar-refractivity contribution in [2.24, 2.45) is 0 Å². The van der Waals surface area contributed by atoms with Crippen molar-refractivity contribution < 1.29 is 57.9 Å². The lowest BCUT2D eigenvalue weighted by Crippen LogP contribution is -2.57. The van der Waals surface area contributed by atoms with E-state index in [1.54, 1.807) is 20.8 Å². The van der Waals surface area contributed by atoms with Crippen LogP contribution in [0.1, 0.15) is 58.1 Å². The van der Waals surface area contributed by atoms with Gasteiger partial charge in [-0.2, -0.15) is 4.31 Å². The number of alkyl halides is 5. The number of nitrogens with zero attached hydrogens (tertiary/aromatic N) is 2. The van der Waals surface area contributed by atoms with Crippen LogP contribution in [0.3, 0.4) is 0 Å². The van der Waals surface area contributed by atoms with Gasteiger partial charge in [0.25, 0.3) is 5.92 Å². The van der Waals surface area contributed by atoms with Crippen LogP contribution in [-0.2, 0) is 42.0 Å². The van der Waals surface area contributed by atoms with Crippen LogP contribution >= 0.6 is 0 Å². The van der Waals surface area contributed by atoms with Gasteiger partial charge in [0.15, 0.2) is 0 Å². The number of piperidine rings is 1. The highest BCUT2D eigenvalue weighted by Gasteiger charge is 2.42. The van der Waals surface area contributed by atoms with Crippen LogP contribution in [0.5, 0.6) is 5.75 Å². The predicted molar refractivity (Wildman–Crippen MR) is 181 cm³/mol. The molecule has 2 aromatic carbocycles. The van der Waals surface area contributed by atoms with Crippen LogP contribution in [0.2, 0.25) is 0 Å². The van der Waals surface area contributed by atoms with E-state index in [9.17, 15) is 48.4 Å². The molecule has 13 nitrogen and oxygen atoms in total. The van der Waals surface area contributed by atoms with Gasteiger partial charge in [-0.3, -0.25) is 15.1 Å². The molecule has 1 saturated heterocycles. The Kier molecular flexibility index (Phi) is 12.4. The van der Waals surface area contributed by atoms with Gasteiger partial charge in [0.1, 0.15) is 22.3 Å². The maximum atomic E-state index is 14.1. The molecule has 0 aliphatic carbocycles. The van der Waals surface area contributed by atoms with E-state index in [0.717, 1.165) is 40.8 Å². The molecule has 53 heavy (non-hydrogen) atoms. The fraction of sp³-hybridized carbons (Fsp3) is 0.424. The quantitative estimate of drug-likeness (QED) is 0.196. The van der Waals surface area contributed by atoms with Crippen LogP contribution in [-0.4, -0.2) is 68.7 Å². The molecule has 290 valence electrons. The zero-order chi connectivity index (χ0) is 39.4. The first-order valence-corrected chi connectivity index (χ1v) is 19.0. The fourth-order valence-electron chi connectivity index (χ4n) is 5.25. The molecule has 1 fully saturated rings. The topological polar surface area (TPSA) is 173 Å². The van der Waals surface area contributed by atoms with Gasteiger partial charge in [-0.05, 0) is 69.5 Å². The summed E-state index contributed by atoms with van der Waals surface area (Å²) in [5, 5.41) is 4.96. The van der Waals surface area contributed by atoms with Crippen LogP contribution in [0.4, 0.5) is 32.4 Å². The number of sulfonamides is 2. The summed E-state index contributed by atoms with van der Waals surface area (Å²) in [6.07, 6.45) is -4.62. The second-order valence-electron chi connectivity index (χ2n) is 13.0. The van der Waals surface area contributed by atoms with Crippen molar-refractivity contribution in [3.05, 3.63) is 78.1 Å². The number of aromatic nitrogens is 1. The molecule has 1 aliphatic rings. The Morgan fingerprint density at radius 1 is 0.925 bits per heavy atom. The maximum absolute atomic E-state index is 14.1. The van der Waals surface area contributed by atoms with Gasteiger partial charge < -0.3 is 14.8 Å². The predicted octanol–water partition coefficient (Wildman–Crippen LogP) is 5.65. The van der Waals surface area contributed by atoms with Crippen LogP contribution in [0.25, 0.3) is 0 Å². The molecule has 0 spiro atoms. The minimum Gasteiger partial charge on any atom is -0.444 e. The van der Waals surface area contributed by atoms with E-state index in [4.69, 9.17) is 4.74 Å². The average Bonchev–Trinajstić information content (AvgIpc) is 3.06. The van der Waals surface area contributed by atoms with Gasteiger partial charge in [-0.25, -0.2) is 35.1 Å². The highest BCUT2D eigenvalue weighted by atomic mass is 32.2. The number of carbonyl (C=O) groups excluding carboxylic acids is 2. The Morgan fingerprint density at radius 2 is 1.57 bits per heavy atom. The summed E-state index contributed by atoms with van der Waals surface area (Å²) < 4.78 is 133. The molecule has 1 aromatic heterocycles. The summed E-state index contributed by atoms with van der Waals surface area (Å²) in [5.41, 5.74) is -0.666. The number of rotatable bonds is 12. The van der Waals surface area contributed by atoms with E-state index in [1.807, 2.05) is 0 Å². The molecule has 3 N–H and O–H groups in total. The molecule has 3 aromatic rings. The minimum absolute atomic E-state index is 0.00149. The molecular weight excluding hydrogens is 754 g/mol. The van der Waals surface area contributed by atoms with Crippen molar-refractivity contribution in [2.45, 2.75) is 93.3 Å². The smallest absolute Gasteiger partial charge is 0.444 e. The van der Waals surface area contributed by atoms with Gasteiger partial charge in [0.2, 0.25) is 26.0 Å². The molecule has 1 aliphatic heterocycles. The monoisotopic (exact) mass is 791 g/mol. The van der Waals surface area contributed by atoms with Crippen LogP contribution in [0, 0.1) is 0 Å². The number of carbonyl (C=O) groups is 2. The van der Waals surface area contributed by atoms with E-state index in [2.05, 4.69) is 25.1 Å². The van der Waals surface area contributed by atoms with Gasteiger partial charge in [-0.1, -0.05) is 31.2 Å². The standard InChI is InChI=1S/C33H38F5N5O8S2/c1-5-32(34,35)22-8-6-21(7-9-22)18-40-29(44)28-17-23(14-15-43(28)53(48,49)26-12-10-25(11-13-26)50-33(36,37)38)42-52(46,47)27-16-24(19-39-20-27)41-30(45)51-31(2,3)4/h6-13,16,19-20,23,28,42H,5,14-15,17-18H2,1-4H3,(H,40,44)(H,41,45)/t23-,28-/m1/s1. The SMILES string of the molecule is CCC(F)(F)c1ccc(CNC(=O)[C@H]2C[C@H](NS(=O)(=O)c3cncc(NC(=O)OC(C)(C)C)c3)CCN2S(=O)(=O)c2ccc(OC(F)(F)F)cc2)cc1. The summed E-state index contributed by atoms with van der Waals surface area (Å²) in [7, 11) is -8.93. The van der Waals surface area contributed by atoms with Crippen molar-refractivity contribution >= 4 is 37.7 Å². The van der Waals surface area contributed by atoms with E-state index in [0.29, 0.717) is 5.56 Å². The Hall–Kier alpha value is -4.40. The number of nitrogens with one attached hydrogen (secondary N) is 3. The summed E-state index contributed by atoms with van der Waals surface area (Å²) in [4.78, 5) is 28.9. The van der Waals surface area contributed by atoms with Crippen LogP contribution < -0.4 is 20.1 Å². The third-order valence-electron chi connectivity index (χ3n) is 7.80. The molecular formula is C33H38F5N5O8S2. The largest absolute Gasteiger partial charge is 0.573 e. The van der Waals surface area contributed by atoms with Crippen molar-refractivity contribution in [3.8, 4) is 5.75 Å². The third-order valence-corrected chi connectivity index (χ3v) is 11.2. The minimum atomic E-state index is -5.03. The maximum Gasteiger partial charge on any atom is 0.573 e. The highest BCUT2D eigenvalue weighted by Crippen LogP contribution is 2.32. The van der Waals surface area contributed by atoms with Crippen molar-refractivity contribution in [2.75, 3.05) is 11.9 Å². The third kappa shape index (κ3) is 11.3. The number of halogens is 5. The number of anilines is 1. The van der Waals surface area contributed by atoms with E-state index >= 15 is 0 Å². The van der Waals surface area contributed by atoms with Crippen molar-refractivity contribution in [1.29, 1.82) is 0 Å². The number of hydrogen-bond acceptors (Lipinski definition) is 9. The first-order valence-electron chi connectivity index (χ1n) is 16.1. The number of ether oxygens (including phenoxy) is 2. The lowest BCUT2D eigenvalue weighted by Gasteiger charge is -2.37. The van der Waals surface area contributed by atoms with Crippen molar-refractivity contribution in [1.82, 2.24) is 19.3 Å². The first kappa shape index (κ1) is 41.4. The van der Waals surface area contributed by atoms with Crippen molar-refractivity contribution in [3.63, 3.8) is 0 Å². The summed E-state index contributed by atoms with van der Waals surface area (Å²) in [6, 6.07) is 7.06. The molecule has 4 rings (SSSR count). The Labute approximate surface area is 303 Å². The summed E-state index contributed by atoms with van der Waals surface area (Å²) in [5.74, 6) is -4.60. The molecule has 2 atom stereocenters. The number of hydrogen-bond donors (Lipinski definition) is 3. The summed E-state index contributed by atoms with van der Waals surface area (Å²) >= 11 is 0. The second kappa shape index (κ2) is 15.9.